The minimum Gasteiger partial charge on any atom is -0.494 e. The van der Waals surface area contributed by atoms with Gasteiger partial charge in [-0.05, 0) is 19.1 Å². The Morgan fingerprint density at radius 3 is 2.41 bits per heavy atom. The molecule has 8 rings (SSSR count). The predicted octanol–water partition coefficient (Wildman–Crippen LogP) is 4.51. The molecule has 0 amide bonds. The predicted molar refractivity (Wildman–Crippen MR) is 127 cm³/mol. The summed E-state index contributed by atoms with van der Waals surface area (Å²) in [6, 6.07) is 15.6. The topological polar surface area (TPSA) is 113 Å². The quantitative estimate of drug-likeness (QED) is 0.293. The van der Waals surface area contributed by atoms with Crippen LogP contribution in [0.1, 0.15) is 19.6 Å². The summed E-state index contributed by atoms with van der Waals surface area (Å²) in [5.74, 6) is -1.24. The van der Waals surface area contributed by atoms with E-state index < -0.39 is 23.5 Å². The van der Waals surface area contributed by atoms with Gasteiger partial charge in [0.05, 0.1) is 27.5 Å². The molecule has 4 N–H and O–H groups in total. The number of rotatable bonds is 1. The Labute approximate surface area is 191 Å². The van der Waals surface area contributed by atoms with Crippen molar-refractivity contribution in [2.75, 3.05) is 0 Å². The third-order valence-electron chi connectivity index (χ3n) is 8.06. The number of aliphatic carboxylic acids is 1. The van der Waals surface area contributed by atoms with Gasteiger partial charge in [0.2, 0.25) is 5.60 Å². The molecule has 34 heavy (non-hydrogen) atoms. The van der Waals surface area contributed by atoms with Crippen molar-refractivity contribution in [3.63, 3.8) is 0 Å². The molecule has 1 unspecified atom stereocenters. The van der Waals surface area contributed by atoms with Crippen molar-refractivity contribution in [3.05, 3.63) is 54.7 Å². The highest BCUT2D eigenvalue weighted by atomic mass is 16.6. The number of benzene rings is 3. The molecule has 3 aromatic heterocycles. The van der Waals surface area contributed by atoms with Gasteiger partial charge in [-0.3, -0.25) is 0 Å². The molecule has 3 aromatic carbocycles. The number of carboxylic acid groups (broad SMARTS) is 1. The van der Waals surface area contributed by atoms with Crippen LogP contribution in [0.4, 0.5) is 0 Å². The Hall–Kier alpha value is -4.01. The number of nitrogens with zero attached hydrogens (tertiary/aromatic N) is 2. The molecule has 3 atom stereocenters. The number of para-hydroxylation sites is 2. The molecule has 2 bridgehead atoms. The number of aromatic hydroxyl groups is 1. The number of aliphatic hydroxyl groups is 1. The molecule has 8 heteroatoms. The highest BCUT2D eigenvalue weighted by Crippen LogP contribution is 2.58. The van der Waals surface area contributed by atoms with E-state index in [2.05, 4.69) is 4.98 Å². The average molecular weight is 453 g/mol. The van der Waals surface area contributed by atoms with Crippen LogP contribution in [-0.2, 0) is 15.3 Å². The number of carbonyl (C=O) groups is 1. The number of carboxylic acids is 1. The van der Waals surface area contributed by atoms with Crippen molar-refractivity contribution < 1.29 is 24.9 Å². The van der Waals surface area contributed by atoms with Gasteiger partial charge in [0.15, 0.2) is 11.6 Å². The third-order valence-corrected chi connectivity index (χ3v) is 8.06. The van der Waals surface area contributed by atoms with Crippen LogP contribution in [-0.4, -0.2) is 41.0 Å². The maximum Gasteiger partial charge on any atom is 0.341 e. The first-order valence-corrected chi connectivity index (χ1v) is 11.2. The summed E-state index contributed by atoms with van der Waals surface area (Å²) in [7, 11) is 0. The van der Waals surface area contributed by atoms with Gasteiger partial charge in [0.25, 0.3) is 0 Å². The lowest BCUT2D eigenvalue weighted by Gasteiger charge is -2.36. The van der Waals surface area contributed by atoms with Gasteiger partial charge in [0.1, 0.15) is 6.23 Å². The summed E-state index contributed by atoms with van der Waals surface area (Å²) < 4.78 is 10.4. The van der Waals surface area contributed by atoms with Gasteiger partial charge in [-0.15, -0.1) is 0 Å². The number of hydrogen-bond acceptors (Lipinski definition) is 4. The van der Waals surface area contributed by atoms with E-state index in [9.17, 15) is 20.1 Å². The molecule has 0 spiro atoms. The summed E-state index contributed by atoms with van der Waals surface area (Å²) in [5, 5.41) is 37.9. The second-order valence-corrected chi connectivity index (χ2v) is 9.54. The van der Waals surface area contributed by atoms with Crippen molar-refractivity contribution in [2.45, 2.75) is 30.9 Å². The normalized spacial score (nSPS) is 26.0. The van der Waals surface area contributed by atoms with E-state index >= 15 is 0 Å². The SMILES string of the molecule is C[C@]12OC(C[C@@]1(O)C(=O)O)n1c3ccccc3c3c4c(O)[nH]cc4c4c5ccccc5n2c4c31. The van der Waals surface area contributed by atoms with E-state index in [1.54, 1.807) is 13.1 Å². The standard InChI is InChI=1S/C26H19N3O5/c1-25-26(33,24(31)32)10-17(34-25)28-15-8-4-2-6-12(15)19-20-14(11-27-23(20)30)18-13-7-3-5-9-16(13)29(25)22(18)21(19)28/h2-9,11,17,27,30,33H,10H2,1H3,(H,31,32)/t17?,25-,26+/m0/s1. The Morgan fingerprint density at radius 2 is 1.68 bits per heavy atom. The van der Waals surface area contributed by atoms with E-state index in [-0.39, 0.29) is 12.3 Å². The number of nitrogens with one attached hydrogen (secondary N) is 1. The average Bonchev–Trinajstić information content (AvgIpc) is 3.51. The first kappa shape index (κ1) is 18.4. The van der Waals surface area contributed by atoms with Crippen molar-refractivity contribution in [2.24, 2.45) is 0 Å². The molecule has 0 saturated carbocycles. The van der Waals surface area contributed by atoms with Crippen LogP contribution < -0.4 is 0 Å². The zero-order valence-corrected chi connectivity index (χ0v) is 18.0. The molecule has 8 nitrogen and oxygen atoms in total. The Kier molecular flexibility index (Phi) is 2.91. The van der Waals surface area contributed by atoms with Crippen molar-refractivity contribution in [1.82, 2.24) is 14.1 Å². The number of fused-ring (bicyclic) bond motifs is 13. The molecule has 5 heterocycles. The fraction of sp³-hybridized carbons (Fsp3) is 0.192. The molecule has 2 aliphatic heterocycles. The van der Waals surface area contributed by atoms with Gasteiger partial charge in [-0.25, -0.2) is 4.79 Å². The number of aromatic nitrogens is 3. The van der Waals surface area contributed by atoms with Crippen LogP contribution in [0, 0.1) is 0 Å². The van der Waals surface area contributed by atoms with E-state index in [0.717, 1.165) is 54.4 Å². The van der Waals surface area contributed by atoms with Crippen LogP contribution in [0.5, 0.6) is 5.88 Å². The molecular formula is C26H19N3O5. The summed E-state index contributed by atoms with van der Waals surface area (Å²) in [5.41, 5.74) is -0.471. The van der Waals surface area contributed by atoms with Gasteiger partial charge in [0, 0.05) is 39.5 Å². The van der Waals surface area contributed by atoms with Crippen LogP contribution >= 0.6 is 0 Å². The number of ether oxygens (including phenoxy) is 1. The van der Waals surface area contributed by atoms with E-state index in [1.807, 2.05) is 57.7 Å². The summed E-state index contributed by atoms with van der Waals surface area (Å²) in [4.78, 5) is 15.5. The Balaban J connectivity index is 1.80. The van der Waals surface area contributed by atoms with Gasteiger partial charge >= 0.3 is 5.97 Å². The molecule has 0 aliphatic carbocycles. The third kappa shape index (κ3) is 1.69. The van der Waals surface area contributed by atoms with Crippen LogP contribution in [0.25, 0.3) is 54.4 Å². The first-order chi connectivity index (χ1) is 16.4. The maximum absolute atomic E-state index is 12.5. The molecular weight excluding hydrogens is 434 g/mol. The summed E-state index contributed by atoms with van der Waals surface area (Å²) in [6.45, 7) is 1.66. The Bertz CT molecular complexity index is 1910. The van der Waals surface area contributed by atoms with E-state index in [4.69, 9.17) is 4.74 Å². The zero-order chi connectivity index (χ0) is 23.1. The van der Waals surface area contributed by atoms with Gasteiger partial charge < -0.3 is 34.2 Å². The van der Waals surface area contributed by atoms with Gasteiger partial charge in [-0.1, -0.05) is 36.4 Å². The van der Waals surface area contributed by atoms with E-state index in [0.29, 0.717) is 0 Å². The molecule has 1 saturated heterocycles. The van der Waals surface area contributed by atoms with Crippen molar-refractivity contribution in [3.8, 4) is 5.88 Å². The monoisotopic (exact) mass is 453 g/mol. The Morgan fingerprint density at radius 1 is 1.00 bits per heavy atom. The molecule has 0 radical (unpaired) electrons. The fourth-order valence-corrected chi connectivity index (χ4v) is 6.60. The van der Waals surface area contributed by atoms with Gasteiger partial charge in [-0.2, -0.15) is 0 Å². The van der Waals surface area contributed by atoms with Crippen LogP contribution in [0.15, 0.2) is 54.7 Å². The number of aromatic amines is 1. The lowest BCUT2D eigenvalue weighted by atomic mass is 9.89. The second-order valence-electron chi connectivity index (χ2n) is 9.54. The smallest absolute Gasteiger partial charge is 0.341 e. The minimum absolute atomic E-state index is 0.0835. The van der Waals surface area contributed by atoms with Crippen molar-refractivity contribution >= 4 is 60.4 Å². The maximum atomic E-state index is 12.5. The van der Waals surface area contributed by atoms with Crippen LogP contribution in [0.3, 0.4) is 0 Å². The first-order valence-electron chi connectivity index (χ1n) is 11.2. The number of hydrogen-bond donors (Lipinski definition) is 4. The van der Waals surface area contributed by atoms with Crippen molar-refractivity contribution in [1.29, 1.82) is 0 Å². The molecule has 1 fully saturated rings. The molecule has 2 aliphatic rings. The molecule has 168 valence electrons. The minimum atomic E-state index is -2.16. The lowest BCUT2D eigenvalue weighted by Crippen LogP contribution is -2.55. The summed E-state index contributed by atoms with van der Waals surface area (Å²) >= 11 is 0. The number of H-pyrrole nitrogens is 1. The van der Waals surface area contributed by atoms with E-state index in [1.165, 1.54) is 0 Å². The zero-order valence-electron chi connectivity index (χ0n) is 18.0. The lowest BCUT2D eigenvalue weighted by molar-refractivity contribution is -0.200. The highest BCUT2D eigenvalue weighted by Gasteiger charge is 2.65. The molecule has 6 aromatic rings. The fourth-order valence-electron chi connectivity index (χ4n) is 6.60. The van der Waals surface area contributed by atoms with Crippen LogP contribution in [0.2, 0.25) is 0 Å². The highest BCUT2D eigenvalue weighted by molar-refractivity contribution is 6.37. The second kappa shape index (κ2) is 5.38. The largest absolute Gasteiger partial charge is 0.494 e. The summed E-state index contributed by atoms with van der Waals surface area (Å²) in [6.07, 6.45) is 0.962.